The van der Waals surface area contributed by atoms with Crippen LogP contribution in [0.5, 0.6) is 0 Å². The maximum atomic E-state index is 9.49. The molecule has 0 rings (SSSR count). The fraction of sp³-hybridized carbons (Fsp3) is 1.00. The van der Waals surface area contributed by atoms with Gasteiger partial charge in [-0.05, 0) is 0 Å². The summed E-state index contributed by atoms with van der Waals surface area (Å²) < 4.78 is 9.25. The van der Waals surface area contributed by atoms with Crippen LogP contribution < -0.4 is 4.83 Å². The van der Waals surface area contributed by atoms with Crippen LogP contribution in [0.2, 0.25) is 0 Å². The van der Waals surface area contributed by atoms with Crippen molar-refractivity contribution in [2.45, 2.75) is 0 Å². The summed E-state index contributed by atoms with van der Waals surface area (Å²) in [4.78, 5) is -0.329. The minimum atomic E-state index is -0.392. The van der Waals surface area contributed by atoms with E-state index >= 15 is 0 Å². The van der Waals surface area contributed by atoms with Gasteiger partial charge in [0.05, 0.1) is 7.05 Å². The van der Waals surface area contributed by atoms with Crippen LogP contribution in [0, 0.1) is 5.21 Å². The summed E-state index contributed by atoms with van der Waals surface area (Å²) in [5.74, 6) is 0. The molecule has 0 saturated carbocycles. The first-order valence-corrected chi connectivity index (χ1v) is 1.92. The molecule has 0 radical (unpaired) electrons. The number of nitrogens with one attached hydrogen (secondary N) is 1. The van der Waals surface area contributed by atoms with Crippen molar-refractivity contribution in [2.24, 2.45) is 0 Å². The fourth-order valence-electron chi connectivity index (χ4n) is 0. The molecule has 0 aromatic heterocycles. The Kier molecular flexibility index (Phi) is 11.8. The molecule has 0 aromatic rings. The molecule has 0 aromatic carbocycles. The molecule has 1 N–H and O–H groups in total. The Morgan fingerprint density at radius 3 is 2.00 bits per heavy atom. The standard InChI is InChI=1S/CH4NO2P.K.H/c1-2(3)5-4;;/h2H,1H3;;. The average molecular weight is 133 g/mol. The number of hydrogen-bond donors (Lipinski definition) is 1. The molecule has 0 bridgehead atoms. The van der Waals surface area contributed by atoms with Crippen LogP contribution in [0.15, 0.2) is 0 Å². The zero-order valence-corrected chi connectivity index (χ0v) is 3.66. The first-order valence-electron chi connectivity index (χ1n) is 1.11. The van der Waals surface area contributed by atoms with Gasteiger partial charge in [0.25, 0.3) is 0 Å². The monoisotopic (exact) mass is 133 g/mol. The average Bonchev–Trinajstić information content (AvgIpc) is 1.38. The summed E-state index contributed by atoms with van der Waals surface area (Å²) in [7, 11) is 0.867. The zero-order valence-electron chi connectivity index (χ0n) is 2.76. The number of quaternary nitrogens is 1. The van der Waals surface area contributed by atoms with Gasteiger partial charge in [0, 0.05) is 0 Å². The topological polar surface area (TPSA) is 44.6 Å². The maximum absolute atomic E-state index is 9.49. The van der Waals surface area contributed by atoms with Gasteiger partial charge in [0.2, 0.25) is 0 Å². The Morgan fingerprint density at radius 2 is 2.00 bits per heavy atom. The summed E-state index contributed by atoms with van der Waals surface area (Å²) in [6.07, 6.45) is 0. The molecular formula is CH5KNO2P. The quantitative estimate of drug-likeness (QED) is 0.270. The van der Waals surface area contributed by atoms with Crippen LogP contribution in [0.1, 0.15) is 0 Å². The van der Waals surface area contributed by atoms with Crippen molar-refractivity contribution >= 4 is 60.0 Å². The molecule has 0 amide bonds. The van der Waals surface area contributed by atoms with Crippen LogP contribution in [0.25, 0.3) is 0 Å². The third kappa shape index (κ3) is 9.17. The molecule has 0 saturated heterocycles. The molecular weight excluding hydrogens is 128 g/mol. The zero-order chi connectivity index (χ0) is 4.28. The van der Waals surface area contributed by atoms with Crippen LogP contribution in [0.3, 0.4) is 0 Å². The van der Waals surface area contributed by atoms with Crippen LogP contribution in [-0.4, -0.2) is 58.4 Å². The second kappa shape index (κ2) is 6.66. The van der Waals surface area contributed by atoms with E-state index in [0.717, 1.165) is 0 Å². The molecule has 0 spiro atoms. The molecule has 0 aliphatic carbocycles. The summed E-state index contributed by atoms with van der Waals surface area (Å²) in [6.45, 7) is 0. The molecule has 0 aliphatic heterocycles. The Bertz CT molecular complexity index is 40.5. The molecule has 1 unspecified atom stereocenters. The summed E-state index contributed by atoms with van der Waals surface area (Å²) >= 11 is 0. The number of hydrogen-bond acceptors (Lipinski definition) is 2. The van der Waals surface area contributed by atoms with Gasteiger partial charge in [-0.2, -0.15) is 0 Å². The number of rotatable bonds is 1. The first kappa shape index (κ1) is 10.6. The van der Waals surface area contributed by atoms with Crippen molar-refractivity contribution in [3.05, 3.63) is 5.21 Å². The van der Waals surface area contributed by atoms with Crippen molar-refractivity contribution in [1.82, 2.24) is 0 Å². The van der Waals surface area contributed by atoms with Crippen molar-refractivity contribution in [3.63, 3.8) is 0 Å². The molecule has 0 fully saturated rings. The van der Waals surface area contributed by atoms with Crippen molar-refractivity contribution in [3.8, 4) is 0 Å². The van der Waals surface area contributed by atoms with E-state index in [4.69, 9.17) is 0 Å². The predicted octanol–water partition coefficient (Wildman–Crippen LogP) is -1.44. The second-order valence-electron chi connectivity index (χ2n) is 0.610. The van der Waals surface area contributed by atoms with E-state index in [1.165, 1.54) is 7.05 Å². The van der Waals surface area contributed by atoms with Gasteiger partial charge in [-0.25, -0.2) is 4.57 Å². The van der Waals surface area contributed by atoms with Crippen LogP contribution in [0.4, 0.5) is 0 Å². The van der Waals surface area contributed by atoms with Gasteiger partial charge in [0.15, 0.2) is 0 Å². The van der Waals surface area contributed by atoms with E-state index in [0.29, 0.717) is 0 Å². The summed E-state index contributed by atoms with van der Waals surface area (Å²) in [5.41, 5.74) is 0. The molecule has 0 aliphatic rings. The SMILES string of the molecule is C[NH+]([O-])P=O.[KH]. The van der Waals surface area contributed by atoms with Gasteiger partial charge >= 0.3 is 60.0 Å². The Labute approximate surface area is 80.3 Å². The predicted molar refractivity (Wildman–Crippen MR) is 25.0 cm³/mol. The fourth-order valence-corrected chi connectivity index (χ4v) is 0. The number of hydroxylamine groups is 1. The van der Waals surface area contributed by atoms with Crippen molar-refractivity contribution in [2.75, 3.05) is 7.05 Å². The van der Waals surface area contributed by atoms with Crippen molar-refractivity contribution in [1.29, 1.82) is 0 Å². The van der Waals surface area contributed by atoms with E-state index in [2.05, 4.69) is 0 Å². The third-order valence-electron chi connectivity index (χ3n) is 0.129. The molecule has 32 valence electrons. The van der Waals surface area contributed by atoms with E-state index in [-0.39, 0.29) is 56.2 Å². The van der Waals surface area contributed by atoms with Crippen LogP contribution >= 0.6 is 8.61 Å². The molecule has 0 heterocycles. The molecule has 6 heavy (non-hydrogen) atoms. The molecule has 1 atom stereocenters. The Balaban J connectivity index is 0. The van der Waals surface area contributed by atoms with Gasteiger partial charge in [-0.3, -0.25) is 4.83 Å². The normalized spacial score (nSPS) is 13.0. The van der Waals surface area contributed by atoms with Gasteiger partial charge in [0.1, 0.15) is 0 Å². The van der Waals surface area contributed by atoms with Crippen LogP contribution in [-0.2, 0) is 4.57 Å². The first-order chi connectivity index (χ1) is 2.27. The minimum absolute atomic E-state index is 0. The Morgan fingerprint density at radius 1 is 1.83 bits per heavy atom. The van der Waals surface area contributed by atoms with Gasteiger partial charge < -0.3 is 5.21 Å². The second-order valence-corrected chi connectivity index (χ2v) is 1.42. The van der Waals surface area contributed by atoms with Gasteiger partial charge in [-0.1, -0.05) is 0 Å². The van der Waals surface area contributed by atoms with E-state index < -0.39 is 8.61 Å². The van der Waals surface area contributed by atoms with Crippen molar-refractivity contribution < 1.29 is 9.40 Å². The Hall–Kier alpha value is 1.66. The van der Waals surface area contributed by atoms with E-state index in [9.17, 15) is 9.77 Å². The molecule has 3 nitrogen and oxygen atoms in total. The third-order valence-corrected chi connectivity index (χ3v) is 0.386. The van der Waals surface area contributed by atoms with Gasteiger partial charge in [-0.15, -0.1) is 0 Å². The molecule has 5 heteroatoms. The van der Waals surface area contributed by atoms with E-state index in [1.54, 1.807) is 0 Å². The summed E-state index contributed by atoms with van der Waals surface area (Å²) in [6, 6.07) is 0. The summed E-state index contributed by atoms with van der Waals surface area (Å²) in [5, 5.41) is 9.49. The van der Waals surface area contributed by atoms with E-state index in [1.807, 2.05) is 0 Å².